The van der Waals surface area contributed by atoms with Crippen molar-refractivity contribution in [2.75, 3.05) is 5.32 Å². The predicted molar refractivity (Wildman–Crippen MR) is 74.7 cm³/mol. The van der Waals surface area contributed by atoms with E-state index in [2.05, 4.69) is 5.32 Å². The number of anilines is 1. The predicted octanol–water partition coefficient (Wildman–Crippen LogP) is 3.09. The summed E-state index contributed by atoms with van der Waals surface area (Å²) in [6.07, 6.45) is 0.312. The Kier molecular flexibility index (Phi) is 5.08. The van der Waals surface area contributed by atoms with Crippen molar-refractivity contribution in [2.24, 2.45) is 0 Å². The van der Waals surface area contributed by atoms with Crippen molar-refractivity contribution in [3.8, 4) is 6.07 Å². The van der Waals surface area contributed by atoms with Crippen LogP contribution in [-0.2, 0) is 9.53 Å². The summed E-state index contributed by atoms with van der Waals surface area (Å²) in [5, 5.41) is 11.5. The molecule has 4 nitrogen and oxygen atoms in total. The van der Waals surface area contributed by atoms with Gasteiger partial charge < -0.3 is 10.1 Å². The fourth-order valence-electron chi connectivity index (χ4n) is 1.49. The van der Waals surface area contributed by atoms with E-state index in [0.29, 0.717) is 11.3 Å². The Balaban J connectivity index is 2.61. The number of benzene rings is 1. The maximum atomic E-state index is 12.0. The SMILES string of the molecule is CCC(C)(C)OC(C)C(=O)Nc1ccc(C#N)cc1. The first kappa shape index (κ1) is 15.2. The first-order chi connectivity index (χ1) is 8.88. The second-order valence-electron chi connectivity index (χ2n) is 5.05. The minimum atomic E-state index is -0.523. The van der Waals surface area contributed by atoms with Gasteiger partial charge in [-0.2, -0.15) is 5.26 Å². The van der Waals surface area contributed by atoms with Gasteiger partial charge in [-0.15, -0.1) is 0 Å². The zero-order chi connectivity index (χ0) is 14.5. The summed E-state index contributed by atoms with van der Waals surface area (Å²) < 4.78 is 5.70. The molecule has 0 saturated carbocycles. The number of nitriles is 1. The van der Waals surface area contributed by atoms with Gasteiger partial charge in [-0.25, -0.2) is 0 Å². The molecule has 0 saturated heterocycles. The molecule has 1 atom stereocenters. The van der Waals surface area contributed by atoms with Crippen molar-refractivity contribution in [1.82, 2.24) is 0 Å². The molecule has 4 heteroatoms. The number of hydrogen-bond acceptors (Lipinski definition) is 3. The number of amides is 1. The second-order valence-corrected chi connectivity index (χ2v) is 5.05. The molecule has 0 fully saturated rings. The molecule has 1 rings (SSSR count). The lowest BCUT2D eigenvalue weighted by molar-refractivity contribution is -0.137. The van der Waals surface area contributed by atoms with Crippen LogP contribution in [-0.4, -0.2) is 17.6 Å². The van der Waals surface area contributed by atoms with Gasteiger partial charge >= 0.3 is 0 Å². The van der Waals surface area contributed by atoms with Crippen LogP contribution >= 0.6 is 0 Å². The molecule has 1 amide bonds. The molecule has 19 heavy (non-hydrogen) atoms. The van der Waals surface area contributed by atoms with Crippen molar-refractivity contribution in [3.63, 3.8) is 0 Å². The molecular formula is C15H20N2O2. The smallest absolute Gasteiger partial charge is 0.253 e. The van der Waals surface area contributed by atoms with Crippen LogP contribution in [0.2, 0.25) is 0 Å². The standard InChI is InChI=1S/C15H20N2O2/c1-5-15(3,4)19-11(2)14(18)17-13-8-6-12(10-16)7-9-13/h6-9,11H,5H2,1-4H3,(H,17,18). The Labute approximate surface area is 114 Å². The van der Waals surface area contributed by atoms with Gasteiger partial charge in [0.15, 0.2) is 0 Å². The molecule has 1 N–H and O–H groups in total. The van der Waals surface area contributed by atoms with Crippen molar-refractivity contribution in [3.05, 3.63) is 29.8 Å². The summed E-state index contributed by atoms with van der Waals surface area (Å²) in [6, 6.07) is 8.76. The molecule has 0 aliphatic heterocycles. The van der Waals surface area contributed by atoms with E-state index in [-0.39, 0.29) is 11.5 Å². The van der Waals surface area contributed by atoms with E-state index in [4.69, 9.17) is 10.00 Å². The molecule has 0 radical (unpaired) electrons. The first-order valence-electron chi connectivity index (χ1n) is 6.37. The maximum absolute atomic E-state index is 12.0. The van der Waals surface area contributed by atoms with Gasteiger partial charge in [0.1, 0.15) is 6.10 Å². The van der Waals surface area contributed by atoms with Gasteiger partial charge in [-0.05, 0) is 51.5 Å². The summed E-state index contributed by atoms with van der Waals surface area (Å²) in [6.45, 7) is 7.67. The zero-order valence-electron chi connectivity index (χ0n) is 11.9. The van der Waals surface area contributed by atoms with E-state index in [1.807, 2.05) is 26.8 Å². The van der Waals surface area contributed by atoms with Gasteiger partial charge in [0.05, 0.1) is 17.2 Å². The van der Waals surface area contributed by atoms with Crippen LogP contribution in [0.1, 0.15) is 39.7 Å². The Bertz CT molecular complexity index is 472. The van der Waals surface area contributed by atoms with Crippen LogP contribution in [0.25, 0.3) is 0 Å². The fourth-order valence-corrected chi connectivity index (χ4v) is 1.49. The normalized spacial score (nSPS) is 12.6. The lowest BCUT2D eigenvalue weighted by atomic mass is 10.1. The molecule has 102 valence electrons. The van der Waals surface area contributed by atoms with Crippen LogP contribution in [0.15, 0.2) is 24.3 Å². The summed E-state index contributed by atoms with van der Waals surface area (Å²) in [5.41, 5.74) is 0.907. The Morgan fingerprint density at radius 1 is 1.42 bits per heavy atom. The van der Waals surface area contributed by atoms with Crippen molar-refractivity contribution in [1.29, 1.82) is 5.26 Å². The van der Waals surface area contributed by atoms with Crippen molar-refractivity contribution >= 4 is 11.6 Å². The van der Waals surface area contributed by atoms with Gasteiger partial charge in [-0.1, -0.05) is 6.92 Å². The van der Waals surface area contributed by atoms with Crippen LogP contribution in [0.5, 0.6) is 0 Å². The van der Waals surface area contributed by atoms with E-state index in [0.717, 1.165) is 6.42 Å². The number of carbonyl (C=O) groups excluding carboxylic acids is 1. The van der Waals surface area contributed by atoms with Crippen molar-refractivity contribution in [2.45, 2.75) is 45.8 Å². The third kappa shape index (κ3) is 4.72. The molecule has 1 aromatic rings. The molecule has 0 heterocycles. The van der Waals surface area contributed by atoms with Crippen LogP contribution < -0.4 is 5.32 Å². The summed E-state index contributed by atoms with van der Waals surface area (Å²) in [5.74, 6) is -0.189. The van der Waals surface area contributed by atoms with Crippen molar-refractivity contribution < 1.29 is 9.53 Å². The summed E-state index contributed by atoms with van der Waals surface area (Å²) in [4.78, 5) is 12.0. The zero-order valence-corrected chi connectivity index (χ0v) is 11.9. The number of hydrogen-bond donors (Lipinski definition) is 1. The number of nitrogens with zero attached hydrogens (tertiary/aromatic N) is 1. The molecule has 0 bridgehead atoms. The average molecular weight is 260 g/mol. The Hall–Kier alpha value is -1.86. The van der Waals surface area contributed by atoms with Gasteiger partial charge in [0, 0.05) is 5.69 Å². The van der Waals surface area contributed by atoms with Gasteiger partial charge in [0.2, 0.25) is 0 Å². The number of carbonyl (C=O) groups is 1. The average Bonchev–Trinajstić information content (AvgIpc) is 2.39. The molecule has 0 aliphatic carbocycles. The highest BCUT2D eigenvalue weighted by atomic mass is 16.5. The largest absolute Gasteiger partial charge is 0.363 e. The monoisotopic (exact) mass is 260 g/mol. The van der Waals surface area contributed by atoms with E-state index >= 15 is 0 Å². The van der Waals surface area contributed by atoms with Crippen LogP contribution in [0, 0.1) is 11.3 Å². The lowest BCUT2D eigenvalue weighted by Gasteiger charge is -2.27. The van der Waals surface area contributed by atoms with E-state index < -0.39 is 6.10 Å². The van der Waals surface area contributed by atoms with E-state index in [9.17, 15) is 4.79 Å². The van der Waals surface area contributed by atoms with Gasteiger partial charge in [0.25, 0.3) is 5.91 Å². The van der Waals surface area contributed by atoms with Crippen LogP contribution in [0.3, 0.4) is 0 Å². The molecule has 0 aliphatic rings. The maximum Gasteiger partial charge on any atom is 0.253 e. The third-order valence-corrected chi connectivity index (χ3v) is 3.00. The second kappa shape index (κ2) is 6.35. The molecular weight excluding hydrogens is 240 g/mol. The highest BCUT2D eigenvalue weighted by Gasteiger charge is 2.23. The lowest BCUT2D eigenvalue weighted by Crippen LogP contribution is -2.36. The quantitative estimate of drug-likeness (QED) is 0.884. The van der Waals surface area contributed by atoms with E-state index in [1.54, 1.807) is 31.2 Å². The first-order valence-corrected chi connectivity index (χ1v) is 6.37. The van der Waals surface area contributed by atoms with Crippen LogP contribution in [0.4, 0.5) is 5.69 Å². The summed E-state index contributed by atoms with van der Waals surface area (Å²) in [7, 11) is 0. The van der Waals surface area contributed by atoms with E-state index in [1.165, 1.54) is 0 Å². The number of ether oxygens (including phenoxy) is 1. The third-order valence-electron chi connectivity index (χ3n) is 3.00. The Morgan fingerprint density at radius 3 is 2.47 bits per heavy atom. The fraction of sp³-hybridized carbons (Fsp3) is 0.467. The molecule has 1 unspecified atom stereocenters. The topological polar surface area (TPSA) is 62.1 Å². The summed E-state index contributed by atoms with van der Waals surface area (Å²) >= 11 is 0. The molecule has 0 aromatic heterocycles. The number of nitrogens with one attached hydrogen (secondary N) is 1. The molecule has 0 spiro atoms. The number of rotatable bonds is 5. The minimum absolute atomic E-state index is 0.189. The highest BCUT2D eigenvalue weighted by molar-refractivity contribution is 5.93. The highest BCUT2D eigenvalue weighted by Crippen LogP contribution is 2.17. The van der Waals surface area contributed by atoms with Gasteiger partial charge in [-0.3, -0.25) is 4.79 Å². The Morgan fingerprint density at radius 2 is 2.00 bits per heavy atom. The minimum Gasteiger partial charge on any atom is -0.363 e. The molecule has 1 aromatic carbocycles.